The zero-order chi connectivity index (χ0) is 20.7. The highest BCUT2D eigenvalue weighted by Crippen LogP contribution is 2.27. The second-order valence-corrected chi connectivity index (χ2v) is 7.61. The highest BCUT2D eigenvalue weighted by atomic mass is 35.5. The highest BCUT2D eigenvalue weighted by molar-refractivity contribution is 7.98. The summed E-state index contributed by atoms with van der Waals surface area (Å²) >= 11 is 7.57. The van der Waals surface area contributed by atoms with E-state index in [0.29, 0.717) is 16.5 Å². The Morgan fingerprint density at radius 2 is 1.89 bits per heavy atom. The zero-order valence-corrected chi connectivity index (χ0v) is 17.9. The Balaban J connectivity index is 1.98. The molecule has 3 N–H and O–H groups in total. The molecule has 0 aromatic heterocycles. The van der Waals surface area contributed by atoms with Crippen LogP contribution in [-0.2, 0) is 9.59 Å². The lowest BCUT2D eigenvalue weighted by molar-refractivity contribution is -0.885. The van der Waals surface area contributed by atoms with E-state index in [1.807, 2.05) is 30.5 Å². The average molecular weight is 423 g/mol. The molecule has 1 unspecified atom stereocenters. The maximum atomic E-state index is 12.6. The number of thioether (sulfide) groups is 1. The number of amides is 2. The van der Waals surface area contributed by atoms with Crippen molar-refractivity contribution >= 4 is 46.6 Å². The molecule has 28 heavy (non-hydrogen) atoms. The Kier molecular flexibility index (Phi) is 8.17. The Labute approximate surface area is 174 Å². The van der Waals surface area contributed by atoms with Gasteiger partial charge in [-0.1, -0.05) is 23.7 Å². The van der Waals surface area contributed by atoms with Gasteiger partial charge in [0.1, 0.15) is 5.75 Å². The predicted octanol–water partition coefficient (Wildman–Crippen LogP) is 2.55. The number of halogens is 1. The summed E-state index contributed by atoms with van der Waals surface area (Å²) in [6.07, 6.45) is 1.96. The largest absolute Gasteiger partial charge is 0.495 e. The minimum atomic E-state index is -0.453. The van der Waals surface area contributed by atoms with Crippen molar-refractivity contribution in [1.82, 2.24) is 0 Å². The molecular formula is C20H25ClN3O3S+. The molecule has 2 atom stereocenters. The summed E-state index contributed by atoms with van der Waals surface area (Å²) in [6, 6.07) is 12.2. The third kappa shape index (κ3) is 5.89. The number of benzene rings is 2. The van der Waals surface area contributed by atoms with Crippen LogP contribution >= 0.6 is 23.4 Å². The van der Waals surface area contributed by atoms with Gasteiger partial charge >= 0.3 is 0 Å². The van der Waals surface area contributed by atoms with Crippen molar-refractivity contribution in [1.29, 1.82) is 0 Å². The van der Waals surface area contributed by atoms with Gasteiger partial charge in [-0.3, -0.25) is 9.59 Å². The number of para-hydroxylation sites is 1. The first kappa shape index (κ1) is 22.1. The van der Waals surface area contributed by atoms with E-state index in [4.69, 9.17) is 16.3 Å². The molecule has 0 spiro atoms. The van der Waals surface area contributed by atoms with Crippen LogP contribution in [0.2, 0.25) is 5.02 Å². The molecule has 0 fully saturated rings. The normalized spacial score (nSPS) is 12.8. The summed E-state index contributed by atoms with van der Waals surface area (Å²) in [5.41, 5.74) is 1.27. The van der Waals surface area contributed by atoms with Gasteiger partial charge in [0, 0.05) is 9.92 Å². The molecule has 0 saturated carbocycles. The van der Waals surface area contributed by atoms with Gasteiger partial charge in [0.25, 0.3) is 11.8 Å². The molecule has 150 valence electrons. The fourth-order valence-electron chi connectivity index (χ4n) is 2.59. The molecule has 0 aliphatic carbocycles. The van der Waals surface area contributed by atoms with Crippen molar-refractivity contribution in [3.05, 3.63) is 47.5 Å². The first-order chi connectivity index (χ1) is 13.3. The maximum Gasteiger partial charge on any atom is 0.282 e. The van der Waals surface area contributed by atoms with Gasteiger partial charge in [-0.05, 0) is 43.5 Å². The molecular weight excluding hydrogens is 398 g/mol. The van der Waals surface area contributed by atoms with E-state index in [-0.39, 0.29) is 18.4 Å². The number of quaternary nitrogens is 1. The minimum Gasteiger partial charge on any atom is -0.495 e. The maximum absolute atomic E-state index is 12.6. The van der Waals surface area contributed by atoms with Crippen molar-refractivity contribution in [3.63, 3.8) is 0 Å². The van der Waals surface area contributed by atoms with Crippen LogP contribution in [-0.4, -0.2) is 44.8 Å². The number of ether oxygens (including phenoxy) is 1. The molecule has 0 heterocycles. The number of hydrogen-bond donors (Lipinski definition) is 3. The molecule has 2 aromatic rings. The number of anilines is 2. The fraction of sp³-hybridized carbons (Fsp3) is 0.300. The number of carbonyl (C=O) groups is 2. The molecule has 0 radical (unpaired) electrons. The molecule has 0 bridgehead atoms. The van der Waals surface area contributed by atoms with E-state index in [2.05, 4.69) is 10.6 Å². The monoisotopic (exact) mass is 422 g/mol. The van der Waals surface area contributed by atoms with Crippen LogP contribution in [0.1, 0.15) is 6.92 Å². The number of methoxy groups -OCH3 is 1. The molecule has 2 amide bonds. The molecule has 2 rings (SSSR count). The second kappa shape index (κ2) is 10.4. The number of hydrogen-bond acceptors (Lipinski definition) is 4. The summed E-state index contributed by atoms with van der Waals surface area (Å²) in [7, 11) is 3.33. The van der Waals surface area contributed by atoms with E-state index in [9.17, 15) is 9.59 Å². The van der Waals surface area contributed by atoms with Crippen molar-refractivity contribution in [2.75, 3.05) is 37.6 Å². The summed E-state index contributed by atoms with van der Waals surface area (Å²) in [4.78, 5) is 26.8. The van der Waals surface area contributed by atoms with Gasteiger partial charge < -0.3 is 20.3 Å². The molecule has 0 aliphatic heterocycles. The third-order valence-corrected chi connectivity index (χ3v) is 5.40. The third-order valence-electron chi connectivity index (χ3n) is 4.37. The van der Waals surface area contributed by atoms with Gasteiger partial charge in [0.2, 0.25) is 0 Å². The summed E-state index contributed by atoms with van der Waals surface area (Å²) in [6.45, 7) is 1.93. The SMILES string of the molecule is COc1ccc(Cl)cc1NC(=O)[C@@H](C)[NH+](C)CC(=O)Nc1ccccc1SC. The van der Waals surface area contributed by atoms with E-state index < -0.39 is 6.04 Å². The van der Waals surface area contributed by atoms with Crippen LogP contribution in [0.5, 0.6) is 5.75 Å². The lowest BCUT2D eigenvalue weighted by atomic mass is 10.2. The quantitative estimate of drug-likeness (QED) is 0.572. The second-order valence-electron chi connectivity index (χ2n) is 6.33. The van der Waals surface area contributed by atoms with Crippen molar-refractivity contribution < 1.29 is 19.2 Å². The van der Waals surface area contributed by atoms with E-state index in [1.54, 1.807) is 43.9 Å². The van der Waals surface area contributed by atoms with Gasteiger partial charge in [-0.25, -0.2) is 0 Å². The lowest BCUT2D eigenvalue weighted by Gasteiger charge is -2.21. The topological polar surface area (TPSA) is 71.9 Å². The first-order valence-corrected chi connectivity index (χ1v) is 10.4. The Morgan fingerprint density at radius 3 is 2.57 bits per heavy atom. The van der Waals surface area contributed by atoms with Crippen molar-refractivity contribution in [2.45, 2.75) is 17.9 Å². The van der Waals surface area contributed by atoms with Crippen LogP contribution in [0.4, 0.5) is 11.4 Å². The van der Waals surface area contributed by atoms with Gasteiger partial charge in [0.15, 0.2) is 12.6 Å². The number of carbonyl (C=O) groups excluding carboxylic acids is 2. The number of rotatable bonds is 8. The zero-order valence-electron chi connectivity index (χ0n) is 16.3. The summed E-state index contributed by atoms with van der Waals surface area (Å²) < 4.78 is 5.25. The summed E-state index contributed by atoms with van der Waals surface area (Å²) in [5.74, 6) is 0.142. The molecule has 0 saturated heterocycles. The van der Waals surface area contributed by atoms with E-state index >= 15 is 0 Å². The van der Waals surface area contributed by atoms with E-state index in [0.717, 1.165) is 15.5 Å². The highest BCUT2D eigenvalue weighted by Gasteiger charge is 2.25. The smallest absolute Gasteiger partial charge is 0.282 e. The fourth-order valence-corrected chi connectivity index (χ4v) is 3.32. The summed E-state index contributed by atoms with van der Waals surface area (Å²) in [5, 5.41) is 6.23. The van der Waals surface area contributed by atoms with Crippen LogP contribution in [0.15, 0.2) is 47.4 Å². The van der Waals surface area contributed by atoms with Gasteiger partial charge in [-0.15, -0.1) is 11.8 Å². The van der Waals surface area contributed by atoms with Crippen molar-refractivity contribution in [2.24, 2.45) is 0 Å². The number of likely N-dealkylation sites (N-methyl/N-ethyl adjacent to an activating group) is 1. The first-order valence-electron chi connectivity index (χ1n) is 8.75. The predicted molar refractivity (Wildman–Crippen MR) is 115 cm³/mol. The Bertz CT molecular complexity index is 847. The van der Waals surface area contributed by atoms with Crippen LogP contribution in [0.25, 0.3) is 0 Å². The molecule has 6 nitrogen and oxygen atoms in total. The van der Waals surface area contributed by atoms with Crippen LogP contribution in [0.3, 0.4) is 0 Å². The molecule has 8 heteroatoms. The van der Waals surface area contributed by atoms with Crippen LogP contribution < -0.4 is 20.3 Å². The molecule has 0 aliphatic rings. The number of nitrogens with one attached hydrogen (secondary N) is 3. The standard InChI is InChI=1S/C20H24ClN3O3S/c1-13(20(26)23-16-11-14(21)9-10-17(16)27-3)24(2)12-19(25)22-15-7-5-6-8-18(15)28-4/h5-11,13H,12H2,1-4H3,(H,22,25)(H,23,26)/p+1/t13-/m1/s1. The minimum absolute atomic E-state index is 0.154. The Hall–Kier alpha value is -2.22. The van der Waals surface area contributed by atoms with Gasteiger partial charge in [-0.2, -0.15) is 0 Å². The lowest BCUT2D eigenvalue weighted by Crippen LogP contribution is -3.14. The van der Waals surface area contributed by atoms with Crippen LogP contribution in [0, 0.1) is 0 Å². The molecule has 2 aromatic carbocycles. The van der Waals surface area contributed by atoms with E-state index in [1.165, 1.54) is 7.11 Å². The van der Waals surface area contributed by atoms with Gasteiger partial charge in [0.05, 0.1) is 25.5 Å². The van der Waals surface area contributed by atoms with Crippen molar-refractivity contribution in [3.8, 4) is 5.75 Å². The average Bonchev–Trinajstić information content (AvgIpc) is 2.67. The Morgan fingerprint density at radius 1 is 1.18 bits per heavy atom.